The van der Waals surface area contributed by atoms with Crippen LogP contribution in [0.1, 0.15) is 34.2 Å². The SMILES string of the molecule is Cc1cc(C(=O)Nc2cc(N3C[C@H](c4ccccc4)CC3=O)ccn2)no1. The van der Waals surface area contributed by atoms with E-state index in [-0.39, 0.29) is 17.5 Å². The van der Waals surface area contributed by atoms with Gasteiger partial charge in [-0.15, -0.1) is 0 Å². The number of pyridine rings is 1. The standard InChI is InChI=1S/C20H18N4O3/c1-13-9-17(23-27-13)20(26)22-18-11-16(7-8-21-18)24-12-15(10-19(24)25)14-5-3-2-4-6-14/h2-9,11,15H,10,12H2,1H3,(H,21,22,26)/t15-/m1/s1. The van der Waals surface area contributed by atoms with Crippen molar-refractivity contribution in [1.29, 1.82) is 0 Å². The first kappa shape index (κ1) is 17.0. The number of aromatic nitrogens is 2. The number of nitrogens with zero attached hydrogens (tertiary/aromatic N) is 3. The Hall–Kier alpha value is -3.48. The summed E-state index contributed by atoms with van der Waals surface area (Å²) in [6.07, 6.45) is 2.04. The van der Waals surface area contributed by atoms with Gasteiger partial charge in [-0.05, 0) is 18.6 Å². The molecule has 1 aliphatic rings. The molecule has 136 valence electrons. The fraction of sp³-hybridized carbons (Fsp3) is 0.200. The van der Waals surface area contributed by atoms with Crippen LogP contribution in [0.3, 0.4) is 0 Å². The Morgan fingerprint density at radius 3 is 2.78 bits per heavy atom. The first-order valence-corrected chi connectivity index (χ1v) is 8.66. The molecule has 27 heavy (non-hydrogen) atoms. The summed E-state index contributed by atoms with van der Waals surface area (Å²) >= 11 is 0. The number of hydrogen-bond donors (Lipinski definition) is 1. The number of anilines is 2. The van der Waals surface area contributed by atoms with E-state index in [4.69, 9.17) is 4.52 Å². The number of carbonyl (C=O) groups excluding carboxylic acids is 2. The van der Waals surface area contributed by atoms with Gasteiger partial charge in [-0.25, -0.2) is 4.98 Å². The van der Waals surface area contributed by atoms with Gasteiger partial charge in [0.25, 0.3) is 5.91 Å². The zero-order valence-electron chi connectivity index (χ0n) is 14.8. The van der Waals surface area contributed by atoms with Gasteiger partial charge in [0, 0.05) is 42.9 Å². The van der Waals surface area contributed by atoms with E-state index < -0.39 is 5.91 Å². The minimum absolute atomic E-state index is 0.0551. The van der Waals surface area contributed by atoms with E-state index in [0.29, 0.717) is 30.2 Å². The van der Waals surface area contributed by atoms with Crippen molar-refractivity contribution in [3.8, 4) is 0 Å². The van der Waals surface area contributed by atoms with E-state index in [1.165, 1.54) is 0 Å². The van der Waals surface area contributed by atoms with Gasteiger partial charge < -0.3 is 14.7 Å². The van der Waals surface area contributed by atoms with Gasteiger partial charge in [-0.2, -0.15) is 0 Å². The molecule has 0 radical (unpaired) electrons. The van der Waals surface area contributed by atoms with Crippen LogP contribution in [0, 0.1) is 6.92 Å². The lowest BCUT2D eigenvalue weighted by Gasteiger charge is -2.17. The highest BCUT2D eigenvalue weighted by Gasteiger charge is 2.31. The second-order valence-corrected chi connectivity index (χ2v) is 6.49. The largest absolute Gasteiger partial charge is 0.361 e. The molecule has 0 saturated carbocycles. The molecule has 3 aromatic rings. The molecular weight excluding hydrogens is 344 g/mol. The molecule has 0 aliphatic carbocycles. The lowest BCUT2D eigenvalue weighted by atomic mass is 9.99. The van der Waals surface area contributed by atoms with E-state index in [0.717, 1.165) is 5.56 Å². The van der Waals surface area contributed by atoms with Crippen molar-refractivity contribution in [2.24, 2.45) is 0 Å². The molecule has 2 amide bonds. The topological polar surface area (TPSA) is 88.3 Å². The van der Waals surface area contributed by atoms with E-state index in [1.807, 2.05) is 30.3 Å². The van der Waals surface area contributed by atoms with Crippen LogP contribution >= 0.6 is 0 Å². The Bertz CT molecular complexity index is 984. The molecule has 1 N–H and O–H groups in total. The predicted molar refractivity (Wildman–Crippen MR) is 99.6 cm³/mol. The van der Waals surface area contributed by atoms with Gasteiger partial charge >= 0.3 is 0 Å². The third kappa shape index (κ3) is 3.57. The van der Waals surface area contributed by atoms with Crippen molar-refractivity contribution in [1.82, 2.24) is 10.1 Å². The molecule has 1 saturated heterocycles. The van der Waals surface area contributed by atoms with Crippen molar-refractivity contribution in [2.45, 2.75) is 19.3 Å². The second kappa shape index (κ2) is 7.03. The Morgan fingerprint density at radius 2 is 2.04 bits per heavy atom. The molecule has 7 heteroatoms. The molecule has 1 atom stereocenters. The average molecular weight is 362 g/mol. The van der Waals surface area contributed by atoms with Crippen molar-refractivity contribution in [3.63, 3.8) is 0 Å². The quantitative estimate of drug-likeness (QED) is 0.770. The number of aryl methyl sites for hydroxylation is 1. The molecule has 1 aliphatic heterocycles. The van der Waals surface area contributed by atoms with Crippen LogP contribution in [-0.2, 0) is 4.79 Å². The lowest BCUT2D eigenvalue weighted by Crippen LogP contribution is -2.24. The summed E-state index contributed by atoms with van der Waals surface area (Å²) in [5.74, 6) is 0.708. The van der Waals surface area contributed by atoms with Crippen LogP contribution in [0.25, 0.3) is 0 Å². The molecule has 2 aromatic heterocycles. The van der Waals surface area contributed by atoms with Crippen LogP contribution in [-0.4, -0.2) is 28.5 Å². The highest BCUT2D eigenvalue weighted by atomic mass is 16.5. The van der Waals surface area contributed by atoms with Crippen LogP contribution in [0.2, 0.25) is 0 Å². The molecule has 1 aromatic carbocycles. The Morgan fingerprint density at radius 1 is 1.22 bits per heavy atom. The van der Waals surface area contributed by atoms with E-state index >= 15 is 0 Å². The van der Waals surface area contributed by atoms with Crippen molar-refractivity contribution < 1.29 is 14.1 Å². The molecule has 0 bridgehead atoms. The maximum absolute atomic E-state index is 12.5. The Balaban J connectivity index is 1.50. The molecule has 0 spiro atoms. The molecular formula is C20H18N4O3. The van der Waals surface area contributed by atoms with Gasteiger partial charge in [-0.3, -0.25) is 9.59 Å². The van der Waals surface area contributed by atoms with Crippen molar-refractivity contribution >= 4 is 23.3 Å². The maximum Gasteiger partial charge on any atom is 0.279 e. The first-order valence-electron chi connectivity index (χ1n) is 8.66. The van der Waals surface area contributed by atoms with E-state index in [9.17, 15) is 9.59 Å². The molecule has 3 heterocycles. The minimum atomic E-state index is -0.411. The van der Waals surface area contributed by atoms with Gasteiger partial charge in [0.05, 0.1) is 0 Å². The summed E-state index contributed by atoms with van der Waals surface area (Å²) in [5.41, 5.74) is 2.04. The summed E-state index contributed by atoms with van der Waals surface area (Å²) in [5, 5.41) is 6.37. The number of hydrogen-bond acceptors (Lipinski definition) is 5. The average Bonchev–Trinajstić information content (AvgIpc) is 3.29. The first-order chi connectivity index (χ1) is 13.1. The highest BCUT2D eigenvalue weighted by molar-refractivity contribution is 6.03. The normalized spacial score (nSPS) is 16.6. The zero-order valence-corrected chi connectivity index (χ0v) is 14.8. The van der Waals surface area contributed by atoms with E-state index in [2.05, 4.69) is 15.5 Å². The number of benzene rings is 1. The third-order valence-corrected chi connectivity index (χ3v) is 4.55. The lowest BCUT2D eigenvalue weighted by molar-refractivity contribution is -0.117. The summed E-state index contributed by atoms with van der Waals surface area (Å²) in [7, 11) is 0. The smallest absolute Gasteiger partial charge is 0.279 e. The number of carbonyl (C=O) groups is 2. The predicted octanol–water partition coefficient (Wildman–Crippen LogP) is 3.15. The summed E-state index contributed by atoms with van der Waals surface area (Å²) in [6.45, 7) is 2.31. The fourth-order valence-corrected chi connectivity index (χ4v) is 3.22. The monoisotopic (exact) mass is 362 g/mol. The van der Waals surface area contributed by atoms with Crippen LogP contribution < -0.4 is 10.2 Å². The zero-order chi connectivity index (χ0) is 18.8. The van der Waals surface area contributed by atoms with Crippen LogP contribution in [0.4, 0.5) is 11.5 Å². The van der Waals surface area contributed by atoms with Gasteiger partial charge in [0.2, 0.25) is 5.91 Å². The minimum Gasteiger partial charge on any atom is -0.361 e. The van der Waals surface area contributed by atoms with E-state index in [1.54, 1.807) is 36.2 Å². The highest BCUT2D eigenvalue weighted by Crippen LogP contribution is 2.32. The summed E-state index contributed by atoms with van der Waals surface area (Å²) in [6, 6.07) is 15.0. The van der Waals surface area contributed by atoms with Crippen LogP contribution in [0.15, 0.2) is 59.3 Å². The van der Waals surface area contributed by atoms with Crippen LogP contribution in [0.5, 0.6) is 0 Å². The van der Waals surface area contributed by atoms with Crippen molar-refractivity contribution in [2.75, 3.05) is 16.8 Å². The Kier molecular flexibility index (Phi) is 4.42. The molecule has 7 nitrogen and oxygen atoms in total. The number of amides is 2. The van der Waals surface area contributed by atoms with Gasteiger partial charge in [0.15, 0.2) is 5.69 Å². The molecule has 0 unspecified atom stereocenters. The fourth-order valence-electron chi connectivity index (χ4n) is 3.22. The maximum atomic E-state index is 12.5. The summed E-state index contributed by atoms with van der Waals surface area (Å²) in [4.78, 5) is 30.6. The Labute approximate surface area is 156 Å². The number of rotatable bonds is 4. The molecule has 1 fully saturated rings. The second-order valence-electron chi connectivity index (χ2n) is 6.49. The summed E-state index contributed by atoms with van der Waals surface area (Å²) < 4.78 is 4.91. The van der Waals surface area contributed by atoms with Gasteiger partial charge in [0.1, 0.15) is 11.6 Å². The molecule has 4 rings (SSSR count). The van der Waals surface area contributed by atoms with Crippen molar-refractivity contribution in [3.05, 3.63) is 71.7 Å². The number of nitrogens with one attached hydrogen (secondary N) is 1. The third-order valence-electron chi connectivity index (χ3n) is 4.55. The van der Waals surface area contributed by atoms with Gasteiger partial charge in [-0.1, -0.05) is 35.5 Å².